The fourth-order valence-electron chi connectivity index (χ4n) is 2.16. The van der Waals surface area contributed by atoms with Crippen molar-refractivity contribution in [3.05, 3.63) is 0 Å². The highest BCUT2D eigenvalue weighted by atomic mass is 16.4. The number of carbonyl (C=O) groups excluding carboxylic acids is 2. The highest BCUT2D eigenvalue weighted by Crippen LogP contribution is 2.29. The second kappa shape index (κ2) is 6.58. The van der Waals surface area contributed by atoms with E-state index in [0.717, 1.165) is 0 Å². The molecule has 0 radical (unpaired) electrons. The van der Waals surface area contributed by atoms with Crippen LogP contribution >= 0.6 is 0 Å². The van der Waals surface area contributed by atoms with Gasteiger partial charge in [0.25, 0.3) is 0 Å². The maximum Gasteiger partial charge on any atom is 0.317 e. The summed E-state index contributed by atoms with van der Waals surface area (Å²) in [7, 11) is 1.66. The Labute approximate surface area is 118 Å². The molecular weight excluding hydrogens is 262 g/mol. The first-order valence-corrected chi connectivity index (χ1v) is 6.80. The van der Waals surface area contributed by atoms with Gasteiger partial charge in [-0.3, -0.25) is 9.59 Å². The van der Waals surface area contributed by atoms with E-state index in [2.05, 4.69) is 5.32 Å². The first-order valence-electron chi connectivity index (χ1n) is 6.80. The van der Waals surface area contributed by atoms with Crippen LogP contribution in [0.4, 0.5) is 4.79 Å². The number of likely N-dealkylation sites (N-methyl/N-ethyl adjacent to an activating group) is 1. The van der Waals surface area contributed by atoms with Crippen LogP contribution in [0.1, 0.15) is 26.7 Å². The van der Waals surface area contributed by atoms with E-state index >= 15 is 0 Å². The van der Waals surface area contributed by atoms with Gasteiger partial charge in [0.15, 0.2) is 0 Å². The normalized spacial score (nSPS) is 22.2. The lowest BCUT2D eigenvalue weighted by Crippen LogP contribution is -2.52. The minimum atomic E-state index is -0.903. The SMILES string of the molecule is CCN(C)C(=O)CNC(=O)N1CCCC(C)(C(=O)O)C1. The quantitative estimate of drug-likeness (QED) is 0.780. The van der Waals surface area contributed by atoms with Crippen LogP contribution in [0.2, 0.25) is 0 Å². The van der Waals surface area contributed by atoms with Crippen LogP contribution in [-0.4, -0.2) is 66.0 Å². The fourth-order valence-corrected chi connectivity index (χ4v) is 2.16. The highest BCUT2D eigenvalue weighted by Gasteiger charge is 2.39. The van der Waals surface area contributed by atoms with Crippen molar-refractivity contribution in [1.29, 1.82) is 0 Å². The van der Waals surface area contributed by atoms with Crippen LogP contribution in [0.25, 0.3) is 0 Å². The number of aliphatic carboxylic acids is 1. The van der Waals surface area contributed by atoms with Crippen molar-refractivity contribution in [2.75, 3.05) is 33.2 Å². The van der Waals surface area contributed by atoms with Gasteiger partial charge in [-0.05, 0) is 26.7 Å². The molecule has 0 aliphatic carbocycles. The Kier molecular flexibility index (Phi) is 5.35. The van der Waals surface area contributed by atoms with Crippen molar-refractivity contribution in [3.63, 3.8) is 0 Å². The molecule has 0 bridgehead atoms. The largest absolute Gasteiger partial charge is 0.481 e. The number of nitrogens with one attached hydrogen (secondary N) is 1. The van der Waals surface area contributed by atoms with E-state index in [9.17, 15) is 19.5 Å². The Hall–Kier alpha value is -1.79. The zero-order chi connectivity index (χ0) is 15.3. The van der Waals surface area contributed by atoms with Crippen LogP contribution in [0.3, 0.4) is 0 Å². The van der Waals surface area contributed by atoms with Gasteiger partial charge in [0.05, 0.1) is 12.0 Å². The molecule has 1 saturated heterocycles. The lowest BCUT2D eigenvalue weighted by atomic mass is 9.82. The summed E-state index contributed by atoms with van der Waals surface area (Å²) >= 11 is 0. The van der Waals surface area contributed by atoms with Crippen LogP contribution in [0.5, 0.6) is 0 Å². The maximum atomic E-state index is 12.0. The van der Waals surface area contributed by atoms with Gasteiger partial charge in [-0.15, -0.1) is 0 Å². The minimum absolute atomic E-state index is 0.0660. The predicted molar refractivity (Wildman–Crippen MR) is 73.3 cm³/mol. The molecule has 1 unspecified atom stereocenters. The van der Waals surface area contributed by atoms with Crippen LogP contribution in [0, 0.1) is 5.41 Å². The molecule has 7 nitrogen and oxygen atoms in total. The smallest absolute Gasteiger partial charge is 0.317 e. The van der Waals surface area contributed by atoms with Gasteiger partial charge in [-0.25, -0.2) is 4.79 Å². The molecule has 2 N–H and O–H groups in total. The summed E-state index contributed by atoms with van der Waals surface area (Å²) in [6.07, 6.45) is 1.21. The summed E-state index contributed by atoms with van der Waals surface area (Å²) in [5, 5.41) is 11.7. The number of hydrogen-bond donors (Lipinski definition) is 2. The second-order valence-electron chi connectivity index (χ2n) is 5.46. The monoisotopic (exact) mass is 285 g/mol. The average molecular weight is 285 g/mol. The summed E-state index contributed by atoms with van der Waals surface area (Å²) in [6, 6.07) is -0.380. The Bertz CT molecular complexity index is 399. The van der Waals surface area contributed by atoms with Gasteiger partial charge in [-0.2, -0.15) is 0 Å². The van der Waals surface area contributed by atoms with Crippen LogP contribution in [0.15, 0.2) is 0 Å². The Morgan fingerprint density at radius 1 is 1.40 bits per heavy atom. The topological polar surface area (TPSA) is 90.0 Å². The number of carbonyl (C=O) groups is 3. The third-order valence-corrected chi connectivity index (χ3v) is 3.79. The summed E-state index contributed by atoms with van der Waals surface area (Å²) in [5.74, 6) is -1.06. The van der Waals surface area contributed by atoms with Crippen molar-refractivity contribution < 1.29 is 19.5 Å². The first kappa shape index (κ1) is 16.3. The Balaban J connectivity index is 2.52. The average Bonchev–Trinajstić information content (AvgIpc) is 2.43. The second-order valence-corrected chi connectivity index (χ2v) is 5.46. The standard InChI is InChI=1S/C13H23N3O4/c1-4-15(3)10(17)8-14-12(20)16-7-5-6-13(2,9-16)11(18)19/h4-9H2,1-3H3,(H,14,20)(H,18,19). The number of carboxylic acids is 1. The molecule has 20 heavy (non-hydrogen) atoms. The lowest BCUT2D eigenvalue weighted by Gasteiger charge is -2.37. The van der Waals surface area contributed by atoms with Crippen molar-refractivity contribution in [2.24, 2.45) is 5.41 Å². The Morgan fingerprint density at radius 2 is 2.05 bits per heavy atom. The van der Waals surface area contributed by atoms with E-state index in [-0.39, 0.29) is 25.0 Å². The van der Waals surface area contributed by atoms with E-state index in [1.54, 1.807) is 14.0 Å². The molecule has 0 aromatic rings. The van der Waals surface area contributed by atoms with Gasteiger partial charge >= 0.3 is 12.0 Å². The van der Waals surface area contributed by atoms with Crippen molar-refractivity contribution in [2.45, 2.75) is 26.7 Å². The molecule has 0 spiro atoms. The van der Waals surface area contributed by atoms with Crippen LogP contribution < -0.4 is 5.32 Å². The van der Waals surface area contributed by atoms with E-state index in [1.165, 1.54) is 9.80 Å². The van der Waals surface area contributed by atoms with E-state index in [0.29, 0.717) is 25.9 Å². The van der Waals surface area contributed by atoms with Gasteiger partial charge in [0, 0.05) is 26.7 Å². The molecule has 0 aromatic carbocycles. The number of amides is 3. The molecule has 1 aliphatic heterocycles. The summed E-state index contributed by atoms with van der Waals surface area (Å²) < 4.78 is 0. The maximum absolute atomic E-state index is 12.0. The number of carboxylic acid groups (broad SMARTS) is 1. The zero-order valence-corrected chi connectivity index (χ0v) is 12.3. The van der Waals surface area contributed by atoms with Crippen molar-refractivity contribution in [1.82, 2.24) is 15.1 Å². The number of rotatable bonds is 4. The molecule has 0 saturated carbocycles. The summed E-state index contributed by atoms with van der Waals surface area (Å²) in [4.78, 5) is 37.8. The van der Waals surface area contributed by atoms with Crippen molar-refractivity contribution >= 4 is 17.9 Å². The van der Waals surface area contributed by atoms with Gasteiger partial charge < -0.3 is 20.2 Å². The zero-order valence-electron chi connectivity index (χ0n) is 12.3. The fraction of sp³-hybridized carbons (Fsp3) is 0.769. The van der Waals surface area contributed by atoms with Crippen LogP contribution in [-0.2, 0) is 9.59 Å². The number of hydrogen-bond acceptors (Lipinski definition) is 3. The third-order valence-electron chi connectivity index (χ3n) is 3.79. The summed E-state index contributed by atoms with van der Waals surface area (Å²) in [5.41, 5.74) is -0.903. The predicted octanol–water partition coefficient (Wildman–Crippen LogP) is 0.361. The van der Waals surface area contributed by atoms with E-state index in [4.69, 9.17) is 0 Å². The molecule has 114 valence electrons. The minimum Gasteiger partial charge on any atom is -0.481 e. The molecule has 1 rings (SSSR count). The number of urea groups is 1. The number of piperidine rings is 1. The molecule has 1 fully saturated rings. The molecule has 0 aromatic heterocycles. The van der Waals surface area contributed by atoms with Crippen molar-refractivity contribution in [3.8, 4) is 0 Å². The summed E-state index contributed by atoms with van der Waals surface area (Å²) in [6.45, 7) is 4.70. The molecule has 1 aliphatic rings. The molecular formula is C13H23N3O4. The number of nitrogens with zero attached hydrogens (tertiary/aromatic N) is 2. The number of likely N-dealkylation sites (tertiary alicyclic amines) is 1. The van der Waals surface area contributed by atoms with Gasteiger partial charge in [0.1, 0.15) is 0 Å². The van der Waals surface area contributed by atoms with E-state index < -0.39 is 11.4 Å². The highest BCUT2D eigenvalue weighted by molar-refractivity contribution is 5.84. The molecule has 1 heterocycles. The van der Waals surface area contributed by atoms with Gasteiger partial charge in [-0.1, -0.05) is 0 Å². The molecule has 3 amide bonds. The first-order chi connectivity index (χ1) is 9.30. The third kappa shape index (κ3) is 3.85. The molecule has 7 heteroatoms. The van der Waals surface area contributed by atoms with Gasteiger partial charge in [0.2, 0.25) is 5.91 Å². The Morgan fingerprint density at radius 3 is 2.60 bits per heavy atom. The van der Waals surface area contributed by atoms with E-state index in [1.807, 2.05) is 6.92 Å². The lowest BCUT2D eigenvalue weighted by molar-refractivity contribution is -0.150. The molecule has 1 atom stereocenters.